The van der Waals surface area contributed by atoms with Gasteiger partial charge in [0.1, 0.15) is 11.9 Å². The van der Waals surface area contributed by atoms with E-state index in [1.54, 1.807) is 0 Å². The summed E-state index contributed by atoms with van der Waals surface area (Å²) in [6.07, 6.45) is 4.13. The Kier molecular flexibility index (Phi) is 3.76. The van der Waals surface area contributed by atoms with Crippen molar-refractivity contribution in [1.82, 2.24) is 10.2 Å². The summed E-state index contributed by atoms with van der Waals surface area (Å²) in [5.41, 5.74) is 2.76. The topological polar surface area (TPSA) is 24.5 Å². The molecule has 104 valence electrons. The molecule has 0 saturated heterocycles. The zero-order chi connectivity index (χ0) is 13.2. The maximum atomic E-state index is 5.74. The van der Waals surface area contributed by atoms with Crippen molar-refractivity contribution in [3.63, 3.8) is 0 Å². The van der Waals surface area contributed by atoms with E-state index >= 15 is 0 Å². The van der Waals surface area contributed by atoms with Crippen LogP contribution in [0, 0.1) is 0 Å². The lowest BCUT2D eigenvalue weighted by Gasteiger charge is -2.17. The first-order valence-electron chi connectivity index (χ1n) is 7.41. The Hall–Kier alpha value is -1.06. The second-order valence-electron chi connectivity index (χ2n) is 6.04. The molecular formula is C16H24N2O. The van der Waals surface area contributed by atoms with Crippen LogP contribution in [-0.4, -0.2) is 37.2 Å². The van der Waals surface area contributed by atoms with Gasteiger partial charge in [-0.1, -0.05) is 12.1 Å². The van der Waals surface area contributed by atoms with Crippen molar-refractivity contribution in [2.24, 2.45) is 0 Å². The Labute approximate surface area is 115 Å². The smallest absolute Gasteiger partial charge is 0.123 e. The van der Waals surface area contributed by atoms with Crippen molar-refractivity contribution in [3.8, 4) is 5.75 Å². The number of hydrogen-bond donors (Lipinski definition) is 1. The zero-order valence-electron chi connectivity index (χ0n) is 12.0. The van der Waals surface area contributed by atoms with Gasteiger partial charge in [0.2, 0.25) is 0 Å². The minimum atomic E-state index is 0.339. The molecule has 0 amide bonds. The molecular weight excluding hydrogens is 236 g/mol. The Balaban J connectivity index is 1.50. The number of nitrogens with one attached hydrogen (secondary N) is 1. The van der Waals surface area contributed by atoms with Gasteiger partial charge in [-0.2, -0.15) is 0 Å². The van der Waals surface area contributed by atoms with Gasteiger partial charge in [0.05, 0.1) is 0 Å². The van der Waals surface area contributed by atoms with Crippen molar-refractivity contribution >= 4 is 0 Å². The van der Waals surface area contributed by atoms with Crippen LogP contribution in [0.25, 0.3) is 0 Å². The van der Waals surface area contributed by atoms with Gasteiger partial charge in [-0.3, -0.25) is 0 Å². The number of rotatable bonds is 6. The van der Waals surface area contributed by atoms with Crippen LogP contribution in [0.5, 0.6) is 5.75 Å². The van der Waals surface area contributed by atoms with Gasteiger partial charge in [0, 0.05) is 32.1 Å². The molecule has 1 aromatic carbocycles. The van der Waals surface area contributed by atoms with E-state index in [0.717, 1.165) is 37.8 Å². The molecule has 0 aromatic heterocycles. The van der Waals surface area contributed by atoms with Crippen LogP contribution < -0.4 is 10.1 Å². The molecule has 1 atom stereocenters. The normalized spacial score (nSPS) is 21.5. The minimum absolute atomic E-state index is 0.339. The highest BCUT2D eigenvalue weighted by molar-refractivity contribution is 5.40. The van der Waals surface area contributed by atoms with Gasteiger partial charge < -0.3 is 15.0 Å². The largest absolute Gasteiger partial charge is 0.490 e. The molecule has 1 aliphatic heterocycles. The summed E-state index contributed by atoms with van der Waals surface area (Å²) in [4.78, 5) is 2.39. The highest BCUT2D eigenvalue weighted by Crippen LogP contribution is 2.29. The van der Waals surface area contributed by atoms with Crippen molar-refractivity contribution in [1.29, 1.82) is 0 Å². The van der Waals surface area contributed by atoms with Crippen LogP contribution >= 0.6 is 0 Å². The first kappa shape index (κ1) is 12.9. The third-order valence-electron chi connectivity index (χ3n) is 3.92. The molecule has 19 heavy (non-hydrogen) atoms. The van der Waals surface area contributed by atoms with Crippen LogP contribution in [0.4, 0.5) is 0 Å². The van der Waals surface area contributed by atoms with Crippen molar-refractivity contribution in [2.75, 3.05) is 20.1 Å². The van der Waals surface area contributed by atoms with Crippen LogP contribution in [0.2, 0.25) is 0 Å². The zero-order valence-corrected chi connectivity index (χ0v) is 12.0. The Morgan fingerprint density at radius 2 is 2.21 bits per heavy atom. The summed E-state index contributed by atoms with van der Waals surface area (Å²) < 4.78 is 5.74. The lowest BCUT2D eigenvalue weighted by molar-refractivity contribution is 0.254. The summed E-state index contributed by atoms with van der Waals surface area (Å²) in [5, 5.41) is 3.56. The Morgan fingerprint density at radius 3 is 3.00 bits per heavy atom. The second kappa shape index (κ2) is 5.51. The quantitative estimate of drug-likeness (QED) is 0.848. The fraction of sp³-hybridized carbons (Fsp3) is 0.625. The van der Waals surface area contributed by atoms with Gasteiger partial charge in [0.25, 0.3) is 0 Å². The van der Waals surface area contributed by atoms with Gasteiger partial charge in [-0.05, 0) is 44.0 Å². The highest BCUT2D eigenvalue weighted by atomic mass is 16.5. The number of benzene rings is 1. The van der Waals surface area contributed by atoms with E-state index in [1.807, 2.05) is 0 Å². The molecule has 3 nitrogen and oxygen atoms in total. The average Bonchev–Trinajstić information content (AvgIpc) is 3.09. The SMILES string of the molecule is CC1Cc2cc(CN(C)CCNC3CC3)ccc2O1. The van der Waals surface area contributed by atoms with Gasteiger partial charge in [0.15, 0.2) is 0 Å². The molecule has 1 N–H and O–H groups in total. The van der Waals surface area contributed by atoms with Crippen molar-refractivity contribution in [3.05, 3.63) is 29.3 Å². The first-order chi connectivity index (χ1) is 9.20. The molecule has 0 spiro atoms. The lowest BCUT2D eigenvalue weighted by Crippen LogP contribution is -2.30. The molecule has 1 aliphatic carbocycles. The number of fused-ring (bicyclic) bond motifs is 1. The van der Waals surface area contributed by atoms with Crippen LogP contribution in [-0.2, 0) is 13.0 Å². The van der Waals surface area contributed by atoms with E-state index < -0.39 is 0 Å². The molecule has 3 heteroatoms. The molecule has 0 bridgehead atoms. The number of ether oxygens (including phenoxy) is 1. The van der Waals surface area contributed by atoms with Crippen molar-refractivity contribution in [2.45, 2.75) is 44.9 Å². The summed E-state index contributed by atoms with van der Waals surface area (Å²) in [6.45, 7) is 5.37. The fourth-order valence-electron chi connectivity index (χ4n) is 2.71. The first-order valence-corrected chi connectivity index (χ1v) is 7.41. The van der Waals surface area contributed by atoms with E-state index in [9.17, 15) is 0 Å². The van der Waals surface area contributed by atoms with Crippen LogP contribution in [0.15, 0.2) is 18.2 Å². The van der Waals surface area contributed by atoms with Crippen LogP contribution in [0.3, 0.4) is 0 Å². The second-order valence-corrected chi connectivity index (χ2v) is 6.04. The van der Waals surface area contributed by atoms with Crippen LogP contribution in [0.1, 0.15) is 30.9 Å². The summed E-state index contributed by atoms with van der Waals surface area (Å²) in [7, 11) is 2.20. The number of hydrogen-bond acceptors (Lipinski definition) is 3. The van der Waals surface area contributed by atoms with Gasteiger partial charge >= 0.3 is 0 Å². The summed E-state index contributed by atoms with van der Waals surface area (Å²) in [5.74, 6) is 1.08. The van der Waals surface area contributed by atoms with E-state index in [-0.39, 0.29) is 0 Å². The molecule has 1 heterocycles. The summed E-state index contributed by atoms with van der Waals surface area (Å²) >= 11 is 0. The van der Waals surface area contributed by atoms with Gasteiger partial charge in [-0.25, -0.2) is 0 Å². The maximum Gasteiger partial charge on any atom is 0.123 e. The minimum Gasteiger partial charge on any atom is -0.490 e. The maximum absolute atomic E-state index is 5.74. The fourth-order valence-corrected chi connectivity index (χ4v) is 2.71. The number of nitrogens with zero attached hydrogens (tertiary/aromatic N) is 1. The van der Waals surface area contributed by atoms with Crippen molar-refractivity contribution < 1.29 is 4.74 Å². The van der Waals surface area contributed by atoms with E-state index in [1.165, 1.54) is 24.0 Å². The third kappa shape index (κ3) is 3.48. The molecule has 1 aromatic rings. The third-order valence-corrected chi connectivity index (χ3v) is 3.92. The standard InChI is InChI=1S/C16H24N2O/c1-12-9-14-10-13(3-6-16(14)19-12)11-18(2)8-7-17-15-4-5-15/h3,6,10,12,15,17H,4-5,7-9,11H2,1-2H3. The lowest BCUT2D eigenvalue weighted by atomic mass is 10.1. The monoisotopic (exact) mass is 260 g/mol. The summed E-state index contributed by atoms with van der Waals surface area (Å²) in [6, 6.07) is 7.45. The Morgan fingerprint density at radius 1 is 1.37 bits per heavy atom. The van der Waals surface area contributed by atoms with E-state index in [4.69, 9.17) is 4.74 Å². The van der Waals surface area contributed by atoms with E-state index in [0.29, 0.717) is 6.10 Å². The average molecular weight is 260 g/mol. The van der Waals surface area contributed by atoms with E-state index in [2.05, 4.69) is 42.4 Å². The molecule has 0 radical (unpaired) electrons. The molecule has 1 unspecified atom stereocenters. The highest BCUT2D eigenvalue weighted by Gasteiger charge is 2.20. The molecule has 1 saturated carbocycles. The molecule has 2 aliphatic rings. The molecule has 1 fully saturated rings. The predicted molar refractivity (Wildman–Crippen MR) is 77.6 cm³/mol. The number of likely N-dealkylation sites (N-methyl/N-ethyl adjacent to an activating group) is 1. The predicted octanol–water partition coefficient (Wildman–Crippen LogP) is 2.19. The molecule has 3 rings (SSSR count). The Bertz CT molecular complexity index is 442. The van der Waals surface area contributed by atoms with Gasteiger partial charge in [-0.15, -0.1) is 0 Å².